The van der Waals surface area contributed by atoms with Crippen LogP contribution in [0.2, 0.25) is 5.02 Å². The van der Waals surface area contributed by atoms with Crippen molar-refractivity contribution < 1.29 is 9.13 Å². The van der Waals surface area contributed by atoms with Crippen LogP contribution in [0, 0.1) is 11.2 Å². The van der Waals surface area contributed by atoms with E-state index in [9.17, 15) is 4.39 Å². The number of halogens is 3. The molecular weight excluding hydrogens is 262 g/mol. The third-order valence-electron chi connectivity index (χ3n) is 3.64. The fraction of sp³-hybridized carbons (Fsp3) is 0.538. The van der Waals surface area contributed by atoms with E-state index in [2.05, 4.69) is 0 Å². The second-order valence-electron chi connectivity index (χ2n) is 4.68. The molecule has 0 amide bonds. The Bertz CT molecular complexity index is 410. The van der Waals surface area contributed by atoms with Crippen molar-refractivity contribution in [1.29, 1.82) is 0 Å². The summed E-state index contributed by atoms with van der Waals surface area (Å²) in [6.45, 7) is 2.78. The highest BCUT2D eigenvalue weighted by Gasteiger charge is 2.40. The van der Waals surface area contributed by atoms with Crippen molar-refractivity contribution in [2.45, 2.75) is 25.9 Å². The summed E-state index contributed by atoms with van der Waals surface area (Å²) in [5, 5.41) is 0.166. The number of rotatable bonds is 3. The Morgan fingerprint density at radius 1 is 1.53 bits per heavy atom. The summed E-state index contributed by atoms with van der Waals surface area (Å²) in [6.07, 6.45) is 1.84. The van der Waals surface area contributed by atoms with E-state index in [0.29, 0.717) is 5.88 Å². The van der Waals surface area contributed by atoms with Gasteiger partial charge in [0.05, 0.1) is 11.1 Å². The molecule has 1 heterocycles. The highest BCUT2D eigenvalue weighted by molar-refractivity contribution is 6.30. The van der Waals surface area contributed by atoms with E-state index in [4.69, 9.17) is 27.9 Å². The van der Waals surface area contributed by atoms with Crippen LogP contribution in [0.3, 0.4) is 0 Å². The van der Waals surface area contributed by atoms with Gasteiger partial charge in [-0.25, -0.2) is 4.39 Å². The molecule has 1 fully saturated rings. The normalized spacial score (nSPS) is 28.6. The van der Waals surface area contributed by atoms with E-state index >= 15 is 0 Å². The van der Waals surface area contributed by atoms with E-state index in [0.717, 1.165) is 25.0 Å². The highest BCUT2D eigenvalue weighted by atomic mass is 35.5. The van der Waals surface area contributed by atoms with E-state index in [1.165, 1.54) is 6.07 Å². The van der Waals surface area contributed by atoms with Crippen LogP contribution in [0.25, 0.3) is 0 Å². The predicted molar refractivity (Wildman–Crippen MR) is 68.3 cm³/mol. The first-order valence-electron chi connectivity index (χ1n) is 5.69. The minimum Gasteiger partial charge on any atom is -0.378 e. The molecule has 2 atom stereocenters. The summed E-state index contributed by atoms with van der Waals surface area (Å²) in [5.41, 5.74) is 0.956. The van der Waals surface area contributed by atoms with Crippen molar-refractivity contribution in [2.24, 2.45) is 5.41 Å². The molecule has 0 aliphatic carbocycles. The van der Waals surface area contributed by atoms with Crippen molar-refractivity contribution in [3.8, 4) is 0 Å². The molecule has 1 aromatic rings. The number of benzene rings is 1. The standard InChI is InChI=1S/C13H15Cl2FO/c1-9-13(8-14,4-5-17-9)7-10-2-3-12(16)11(15)6-10/h2-3,6,9H,4-5,7-8H2,1H3. The lowest BCUT2D eigenvalue weighted by Crippen LogP contribution is -2.33. The lowest BCUT2D eigenvalue weighted by Gasteiger charge is -2.30. The maximum Gasteiger partial charge on any atom is 0.141 e. The van der Waals surface area contributed by atoms with Crippen molar-refractivity contribution in [1.82, 2.24) is 0 Å². The second-order valence-corrected chi connectivity index (χ2v) is 5.36. The van der Waals surface area contributed by atoms with Crippen molar-refractivity contribution >= 4 is 23.2 Å². The molecule has 1 saturated heterocycles. The summed E-state index contributed by atoms with van der Waals surface area (Å²) in [6, 6.07) is 4.84. The molecule has 0 N–H and O–H groups in total. The van der Waals surface area contributed by atoms with Crippen LogP contribution >= 0.6 is 23.2 Å². The summed E-state index contributed by atoms with van der Waals surface area (Å²) < 4.78 is 18.7. The summed E-state index contributed by atoms with van der Waals surface area (Å²) in [5.74, 6) is 0.162. The summed E-state index contributed by atoms with van der Waals surface area (Å²) in [7, 11) is 0. The molecule has 1 nitrogen and oxygen atoms in total. The minimum atomic E-state index is -0.383. The largest absolute Gasteiger partial charge is 0.378 e. The third-order valence-corrected chi connectivity index (χ3v) is 4.46. The Morgan fingerprint density at radius 2 is 2.29 bits per heavy atom. The van der Waals surface area contributed by atoms with Gasteiger partial charge in [0, 0.05) is 17.9 Å². The molecule has 0 spiro atoms. The molecule has 0 bridgehead atoms. The van der Waals surface area contributed by atoms with Crippen LogP contribution in [0.4, 0.5) is 4.39 Å². The Morgan fingerprint density at radius 3 is 2.82 bits per heavy atom. The van der Waals surface area contributed by atoms with Crippen molar-refractivity contribution in [3.05, 3.63) is 34.6 Å². The molecule has 1 aromatic carbocycles. The number of hydrogen-bond acceptors (Lipinski definition) is 1. The molecule has 94 valence electrons. The molecule has 0 saturated carbocycles. The zero-order valence-electron chi connectivity index (χ0n) is 9.68. The first kappa shape index (κ1) is 13.1. The predicted octanol–water partition coefficient (Wildman–Crippen LogP) is 4.06. The lowest BCUT2D eigenvalue weighted by atomic mass is 9.78. The van der Waals surface area contributed by atoms with Gasteiger partial charge in [-0.05, 0) is 37.5 Å². The molecule has 0 aromatic heterocycles. The third kappa shape index (κ3) is 2.59. The number of alkyl halides is 1. The average molecular weight is 277 g/mol. The first-order valence-corrected chi connectivity index (χ1v) is 6.60. The number of ether oxygens (including phenoxy) is 1. The molecular formula is C13H15Cl2FO. The molecule has 2 unspecified atom stereocenters. The lowest BCUT2D eigenvalue weighted by molar-refractivity contribution is 0.0735. The maximum atomic E-state index is 13.1. The Labute approximate surface area is 111 Å². The summed E-state index contributed by atoms with van der Waals surface area (Å²) >= 11 is 11.9. The summed E-state index contributed by atoms with van der Waals surface area (Å²) in [4.78, 5) is 0. The molecule has 4 heteroatoms. The fourth-order valence-corrected chi connectivity index (χ4v) is 2.98. The first-order chi connectivity index (χ1) is 8.07. The van der Waals surface area contributed by atoms with Gasteiger partial charge >= 0.3 is 0 Å². The molecule has 1 aliphatic rings. The van der Waals surface area contributed by atoms with Gasteiger partial charge in [-0.15, -0.1) is 11.6 Å². The zero-order chi connectivity index (χ0) is 12.5. The van der Waals surface area contributed by atoms with Gasteiger partial charge in [0.2, 0.25) is 0 Å². The molecule has 0 radical (unpaired) electrons. The van der Waals surface area contributed by atoms with E-state index in [1.807, 2.05) is 6.92 Å². The van der Waals surface area contributed by atoms with Crippen LogP contribution < -0.4 is 0 Å². The maximum absolute atomic E-state index is 13.1. The number of hydrogen-bond donors (Lipinski definition) is 0. The van der Waals surface area contributed by atoms with Gasteiger partial charge in [-0.3, -0.25) is 0 Å². The molecule has 17 heavy (non-hydrogen) atoms. The van der Waals surface area contributed by atoms with Crippen LogP contribution in [0.5, 0.6) is 0 Å². The Kier molecular flexibility index (Phi) is 3.96. The quantitative estimate of drug-likeness (QED) is 0.757. The van der Waals surface area contributed by atoms with E-state index in [1.54, 1.807) is 12.1 Å². The van der Waals surface area contributed by atoms with E-state index < -0.39 is 0 Å². The van der Waals surface area contributed by atoms with Crippen LogP contribution in [-0.4, -0.2) is 18.6 Å². The highest BCUT2D eigenvalue weighted by Crippen LogP contribution is 2.39. The monoisotopic (exact) mass is 276 g/mol. The Hall–Kier alpha value is -0.310. The van der Waals surface area contributed by atoms with Gasteiger partial charge in [-0.1, -0.05) is 17.7 Å². The molecule has 2 rings (SSSR count). The molecule has 1 aliphatic heterocycles. The van der Waals surface area contributed by atoms with Crippen LogP contribution in [0.15, 0.2) is 18.2 Å². The van der Waals surface area contributed by atoms with Gasteiger partial charge < -0.3 is 4.74 Å². The van der Waals surface area contributed by atoms with Crippen LogP contribution in [-0.2, 0) is 11.2 Å². The minimum absolute atomic E-state index is 0.0529. The van der Waals surface area contributed by atoms with Gasteiger partial charge in [0.1, 0.15) is 5.82 Å². The second kappa shape index (κ2) is 5.13. The zero-order valence-corrected chi connectivity index (χ0v) is 11.2. The topological polar surface area (TPSA) is 9.23 Å². The fourth-order valence-electron chi connectivity index (χ4n) is 2.33. The Balaban J connectivity index is 2.21. The average Bonchev–Trinajstić information content (AvgIpc) is 2.66. The van der Waals surface area contributed by atoms with Crippen molar-refractivity contribution in [2.75, 3.05) is 12.5 Å². The smallest absolute Gasteiger partial charge is 0.141 e. The van der Waals surface area contributed by atoms with Gasteiger partial charge in [-0.2, -0.15) is 0 Å². The van der Waals surface area contributed by atoms with Crippen LogP contribution in [0.1, 0.15) is 18.9 Å². The van der Waals surface area contributed by atoms with Gasteiger partial charge in [0.15, 0.2) is 0 Å². The van der Waals surface area contributed by atoms with E-state index in [-0.39, 0.29) is 22.4 Å². The SMILES string of the molecule is CC1OCCC1(CCl)Cc1ccc(F)c(Cl)c1. The van der Waals surface area contributed by atoms with Gasteiger partial charge in [0.25, 0.3) is 0 Å². The van der Waals surface area contributed by atoms with Crippen molar-refractivity contribution in [3.63, 3.8) is 0 Å².